The molecule has 0 aliphatic rings. The molecule has 0 aliphatic heterocycles. The average molecular weight is 388 g/mol. The number of ether oxygens (including phenoxy) is 1. The van der Waals surface area contributed by atoms with Gasteiger partial charge in [0.25, 0.3) is 5.91 Å². The molecule has 0 saturated heterocycles. The number of furan rings is 1. The molecule has 1 N–H and O–H groups in total. The number of carbonyl (C=O) groups excluding carboxylic acids is 2. The molecule has 1 aromatic carbocycles. The summed E-state index contributed by atoms with van der Waals surface area (Å²) in [5, 5.41) is 21.2. The molecule has 1 unspecified atom stereocenters. The molecule has 2 heterocycles. The van der Waals surface area contributed by atoms with Crippen LogP contribution in [0.5, 0.6) is 0 Å². The maximum absolute atomic E-state index is 12.6. The van der Waals surface area contributed by atoms with Gasteiger partial charge >= 0.3 is 5.97 Å². The van der Waals surface area contributed by atoms with Gasteiger partial charge in [-0.15, -0.1) is 0 Å². The molecule has 0 aliphatic carbocycles. The fraction of sp³-hybridized carbons (Fsp3) is 0.143. The van der Waals surface area contributed by atoms with Crippen LogP contribution < -0.4 is 5.32 Å². The molecule has 8 heteroatoms. The first-order chi connectivity index (χ1) is 14.0. The molecule has 3 aromatic rings. The van der Waals surface area contributed by atoms with Crippen molar-refractivity contribution in [1.82, 2.24) is 4.57 Å². The first-order valence-corrected chi connectivity index (χ1v) is 8.64. The maximum atomic E-state index is 12.6. The summed E-state index contributed by atoms with van der Waals surface area (Å²) in [4.78, 5) is 25.0. The number of rotatable bonds is 5. The first-order valence-electron chi connectivity index (χ1n) is 8.64. The highest BCUT2D eigenvalue weighted by Crippen LogP contribution is 2.26. The van der Waals surface area contributed by atoms with E-state index < -0.39 is 18.0 Å². The molecule has 0 saturated carbocycles. The summed E-state index contributed by atoms with van der Waals surface area (Å²) in [7, 11) is 0. The Morgan fingerprint density at radius 1 is 1.14 bits per heavy atom. The van der Waals surface area contributed by atoms with Crippen molar-refractivity contribution in [2.45, 2.75) is 20.0 Å². The quantitative estimate of drug-likeness (QED) is 0.669. The predicted octanol–water partition coefficient (Wildman–Crippen LogP) is 3.31. The summed E-state index contributed by atoms with van der Waals surface area (Å²) >= 11 is 0. The van der Waals surface area contributed by atoms with E-state index in [1.54, 1.807) is 60.3 Å². The average Bonchev–Trinajstić information content (AvgIpc) is 3.35. The van der Waals surface area contributed by atoms with Crippen molar-refractivity contribution < 1.29 is 18.7 Å². The third-order valence-electron chi connectivity index (χ3n) is 4.18. The highest BCUT2D eigenvalue weighted by molar-refractivity contribution is 5.99. The first kappa shape index (κ1) is 19.5. The molecule has 0 fully saturated rings. The lowest BCUT2D eigenvalue weighted by atomic mass is 10.1. The minimum absolute atomic E-state index is 0.0196. The van der Waals surface area contributed by atoms with Crippen molar-refractivity contribution in [3.05, 3.63) is 71.2 Å². The van der Waals surface area contributed by atoms with Gasteiger partial charge in [-0.25, -0.2) is 4.79 Å². The van der Waals surface area contributed by atoms with Gasteiger partial charge in [0.15, 0.2) is 6.10 Å². The zero-order valence-electron chi connectivity index (χ0n) is 15.7. The van der Waals surface area contributed by atoms with Crippen LogP contribution in [0.15, 0.2) is 53.2 Å². The zero-order chi connectivity index (χ0) is 21.0. The Bertz CT molecular complexity index is 1150. The lowest BCUT2D eigenvalue weighted by Gasteiger charge is -2.14. The largest absolute Gasteiger partial charge is 0.449 e. The van der Waals surface area contributed by atoms with Gasteiger partial charge in [-0.3, -0.25) is 9.36 Å². The molecule has 1 atom stereocenters. The second kappa shape index (κ2) is 8.15. The maximum Gasteiger partial charge on any atom is 0.343 e. The minimum atomic E-state index is -1.16. The number of nitrogens with one attached hydrogen (secondary N) is 1. The summed E-state index contributed by atoms with van der Waals surface area (Å²) in [5.74, 6) is -1.05. The van der Waals surface area contributed by atoms with Crippen molar-refractivity contribution in [1.29, 1.82) is 10.5 Å². The lowest BCUT2D eigenvalue weighted by Crippen LogP contribution is -2.30. The number of aromatic nitrogens is 1. The number of nitrogens with zero attached hydrogens (tertiary/aromatic N) is 3. The Labute approximate surface area is 166 Å². The molecule has 144 valence electrons. The lowest BCUT2D eigenvalue weighted by molar-refractivity contribution is -0.123. The fourth-order valence-corrected chi connectivity index (χ4v) is 2.73. The molecular weight excluding hydrogens is 372 g/mol. The predicted molar refractivity (Wildman–Crippen MR) is 102 cm³/mol. The van der Waals surface area contributed by atoms with Crippen molar-refractivity contribution in [2.24, 2.45) is 0 Å². The summed E-state index contributed by atoms with van der Waals surface area (Å²) in [6.45, 7) is 2.94. The van der Waals surface area contributed by atoms with Gasteiger partial charge in [0.05, 0.1) is 11.3 Å². The number of amides is 1. The summed E-state index contributed by atoms with van der Waals surface area (Å²) < 4.78 is 12.4. The monoisotopic (exact) mass is 388 g/mol. The van der Waals surface area contributed by atoms with Gasteiger partial charge in [0, 0.05) is 12.4 Å². The van der Waals surface area contributed by atoms with Gasteiger partial charge in [0.1, 0.15) is 29.0 Å². The number of aryl methyl sites for hydroxylation is 1. The summed E-state index contributed by atoms with van der Waals surface area (Å²) in [5.41, 5.74) is 0.586. The topological polar surface area (TPSA) is 121 Å². The fourth-order valence-electron chi connectivity index (χ4n) is 2.73. The van der Waals surface area contributed by atoms with Crippen LogP contribution in [-0.2, 0) is 9.53 Å². The second-order valence-corrected chi connectivity index (χ2v) is 6.11. The van der Waals surface area contributed by atoms with E-state index in [0.717, 1.165) is 0 Å². The third-order valence-corrected chi connectivity index (χ3v) is 4.18. The van der Waals surface area contributed by atoms with E-state index in [9.17, 15) is 14.9 Å². The van der Waals surface area contributed by atoms with Crippen LogP contribution in [0.4, 0.5) is 5.69 Å². The smallest absolute Gasteiger partial charge is 0.343 e. The Hall–Kier alpha value is -4.30. The number of para-hydroxylation sites is 1. The van der Waals surface area contributed by atoms with Gasteiger partial charge in [-0.05, 0) is 38.1 Å². The van der Waals surface area contributed by atoms with E-state index in [-0.39, 0.29) is 28.3 Å². The standard InChI is InChI=1S/C21H16N4O4/c1-13-18(16(12-23)20(28-13)25-9-5-6-10-25)21(27)29-14(2)19(26)24-17-8-4-3-7-15(17)11-22/h3-10,14H,1-2H3,(H,24,26). The van der Waals surface area contributed by atoms with Gasteiger partial charge in [-0.1, -0.05) is 12.1 Å². The number of anilines is 1. The molecule has 8 nitrogen and oxygen atoms in total. The number of benzene rings is 1. The SMILES string of the molecule is Cc1oc(-n2cccc2)c(C#N)c1C(=O)OC(C)C(=O)Nc1ccccc1C#N. The molecule has 0 radical (unpaired) electrons. The van der Waals surface area contributed by atoms with E-state index in [1.165, 1.54) is 6.92 Å². The van der Waals surface area contributed by atoms with E-state index in [0.29, 0.717) is 5.69 Å². The van der Waals surface area contributed by atoms with Crippen LogP contribution >= 0.6 is 0 Å². The van der Waals surface area contributed by atoms with Crippen LogP contribution in [0.2, 0.25) is 0 Å². The Morgan fingerprint density at radius 3 is 2.48 bits per heavy atom. The van der Waals surface area contributed by atoms with Gasteiger partial charge < -0.3 is 14.5 Å². The van der Waals surface area contributed by atoms with Crippen molar-refractivity contribution in [2.75, 3.05) is 5.32 Å². The highest BCUT2D eigenvalue weighted by atomic mass is 16.5. The minimum Gasteiger partial charge on any atom is -0.449 e. The van der Waals surface area contributed by atoms with E-state index in [4.69, 9.17) is 14.4 Å². The Morgan fingerprint density at radius 2 is 1.83 bits per heavy atom. The molecular formula is C21H16N4O4. The van der Waals surface area contributed by atoms with Crippen LogP contribution in [0.3, 0.4) is 0 Å². The van der Waals surface area contributed by atoms with E-state index >= 15 is 0 Å². The molecule has 0 spiro atoms. The molecule has 0 bridgehead atoms. The van der Waals surface area contributed by atoms with Crippen LogP contribution in [0.25, 0.3) is 5.88 Å². The van der Waals surface area contributed by atoms with Crippen LogP contribution in [0, 0.1) is 29.6 Å². The number of carbonyl (C=O) groups is 2. The van der Waals surface area contributed by atoms with Crippen molar-refractivity contribution >= 4 is 17.6 Å². The van der Waals surface area contributed by atoms with E-state index in [1.807, 2.05) is 12.1 Å². The third kappa shape index (κ3) is 3.87. The number of esters is 1. The molecule has 2 aromatic heterocycles. The van der Waals surface area contributed by atoms with E-state index in [2.05, 4.69) is 5.32 Å². The second-order valence-electron chi connectivity index (χ2n) is 6.11. The van der Waals surface area contributed by atoms with Crippen LogP contribution in [0.1, 0.15) is 34.2 Å². The Kier molecular flexibility index (Phi) is 5.47. The number of nitriles is 2. The van der Waals surface area contributed by atoms with Gasteiger partial charge in [0.2, 0.25) is 5.88 Å². The number of hydrogen-bond acceptors (Lipinski definition) is 6. The molecule has 3 rings (SSSR count). The normalized spacial score (nSPS) is 11.2. The molecule has 29 heavy (non-hydrogen) atoms. The zero-order valence-corrected chi connectivity index (χ0v) is 15.7. The Balaban J connectivity index is 1.79. The van der Waals surface area contributed by atoms with Crippen molar-refractivity contribution in [3.8, 4) is 18.0 Å². The van der Waals surface area contributed by atoms with Crippen LogP contribution in [-0.4, -0.2) is 22.5 Å². The van der Waals surface area contributed by atoms with Crippen molar-refractivity contribution in [3.63, 3.8) is 0 Å². The van der Waals surface area contributed by atoms with Gasteiger partial charge in [-0.2, -0.15) is 10.5 Å². The molecule has 1 amide bonds. The summed E-state index contributed by atoms with van der Waals surface area (Å²) in [6, 6.07) is 13.9. The highest BCUT2D eigenvalue weighted by Gasteiger charge is 2.28. The summed E-state index contributed by atoms with van der Waals surface area (Å²) in [6.07, 6.45) is 2.19. The number of hydrogen-bond donors (Lipinski definition) is 1.